The Bertz CT molecular complexity index is 373. The summed E-state index contributed by atoms with van der Waals surface area (Å²) in [5, 5.41) is 8.71. The summed E-state index contributed by atoms with van der Waals surface area (Å²) in [7, 11) is 1.84. The van der Waals surface area contributed by atoms with Gasteiger partial charge in [-0.3, -0.25) is 4.79 Å². The lowest BCUT2D eigenvalue weighted by molar-refractivity contribution is -0.131. The molecule has 0 aliphatic carbocycles. The van der Waals surface area contributed by atoms with Gasteiger partial charge >= 0.3 is 0 Å². The number of amides is 1. The number of aryl methyl sites for hydroxylation is 1. The Morgan fingerprint density at radius 3 is 2.44 bits per heavy atom. The van der Waals surface area contributed by atoms with Gasteiger partial charge in [0.15, 0.2) is 0 Å². The second kappa shape index (κ2) is 7.17. The van der Waals surface area contributed by atoms with E-state index in [4.69, 9.17) is 5.11 Å². The lowest BCUT2D eigenvalue weighted by Crippen LogP contribution is -2.29. The maximum absolute atomic E-state index is 11.9. The van der Waals surface area contributed by atoms with Gasteiger partial charge in [0.25, 0.3) is 0 Å². The van der Waals surface area contributed by atoms with Gasteiger partial charge in [0.05, 0.1) is 6.04 Å². The van der Waals surface area contributed by atoms with Gasteiger partial charge in [0, 0.05) is 20.1 Å². The minimum atomic E-state index is 0.0900. The number of unbranched alkanes of at least 4 members (excludes halogenated alkanes) is 1. The molecule has 0 aliphatic heterocycles. The molecule has 1 aromatic carbocycles. The number of nitrogens with zero attached hydrogens (tertiary/aromatic N) is 1. The van der Waals surface area contributed by atoms with Crippen molar-refractivity contribution in [2.75, 3.05) is 13.7 Å². The van der Waals surface area contributed by atoms with Gasteiger partial charge in [0.1, 0.15) is 0 Å². The molecule has 1 amide bonds. The maximum Gasteiger partial charge on any atom is 0.222 e. The smallest absolute Gasteiger partial charge is 0.222 e. The molecule has 0 bridgehead atoms. The van der Waals surface area contributed by atoms with Crippen molar-refractivity contribution in [1.82, 2.24) is 4.90 Å². The van der Waals surface area contributed by atoms with Crippen LogP contribution in [0.4, 0.5) is 0 Å². The zero-order valence-corrected chi connectivity index (χ0v) is 11.5. The van der Waals surface area contributed by atoms with Crippen molar-refractivity contribution in [3.05, 3.63) is 35.4 Å². The molecule has 0 saturated heterocycles. The third-order valence-electron chi connectivity index (χ3n) is 3.33. The standard InChI is InChI=1S/C15H23NO2/c1-12-7-9-14(10-8-12)13(2)16(3)15(18)6-4-5-11-17/h7-10,13,17H,4-6,11H2,1-3H3. The summed E-state index contributed by atoms with van der Waals surface area (Å²) in [6.45, 7) is 4.25. The molecule has 3 heteroatoms. The van der Waals surface area contributed by atoms with Crippen LogP contribution in [0, 0.1) is 6.92 Å². The van der Waals surface area contributed by atoms with Crippen molar-refractivity contribution < 1.29 is 9.90 Å². The Balaban J connectivity index is 2.57. The number of carbonyl (C=O) groups is 1. The first-order valence-corrected chi connectivity index (χ1v) is 6.49. The summed E-state index contributed by atoms with van der Waals surface area (Å²) in [6.07, 6.45) is 1.95. The molecule has 1 aromatic rings. The van der Waals surface area contributed by atoms with Crippen LogP contribution in [-0.2, 0) is 4.79 Å². The molecular formula is C15H23NO2. The van der Waals surface area contributed by atoms with Crippen LogP contribution in [0.15, 0.2) is 24.3 Å². The zero-order chi connectivity index (χ0) is 13.5. The van der Waals surface area contributed by atoms with Crippen LogP contribution in [0.1, 0.15) is 43.4 Å². The van der Waals surface area contributed by atoms with Crippen molar-refractivity contribution >= 4 is 5.91 Å². The normalized spacial score (nSPS) is 12.2. The second-order valence-electron chi connectivity index (χ2n) is 4.77. The first kappa shape index (κ1) is 14.7. The molecule has 1 unspecified atom stereocenters. The highest BCUT2D eigenvalue weighted by atomic mass is 16.3. The number of benzene rings is 1. The Hall–Kier alpha value is -1.35. The first-order chi connectivity index (χ1) is 8.56. The van der Waals surface area contributed by atoms with Crippen molar-refractivity contribution in [3.63, 3.8) is 0 Å². The fraction of sp³-hybridized carbons (Fsp3) is 0.533. The highest BCUT2D eigenvalue weighted by Gasteiger charge is 2.16. The molecule has 1 N–H and O–H groups in total. The molecule has 1 atom stereocenters. The summed E-state index contributed by atoms with van der Waals surface area (Å²) >= 11 is 0. The van der Waals surface area contributed by atoms with E-state index in [9.17, 15) is 4.79 Å². The summed E-state index contributed by atoms with van der Waals surface area (Å²) in [5.41, 5.74) is 2.38. The van der Waals surface area contributed by atoms with Gasteiger partial charge < -0.3 is 10.0 Å². The Labute approximate surface area is 109 Å². The number of aliphatic hydroxyl groups excluding tert-OH is 1. The summed E-state index contributed by atoms with van der Waals surface area (Å²) in [4.78, 5) is 13.7. The van der Waals surface area contributed by atoms with Crippen LogP contribution < -0.4 is 0 Å². The summed E-state index contributed by atoms with van der Waals surface area (Å²) < 4.78 is 0. The summed E-state index contributed by atoms with van der Waals surface area (Å²) in [6, 6.07) is 8.35. The number of hydrogen-bond donors (Lipinski definition) is 1. The molecule has 1 rings (SSSR count). The van der Waals surface area contributed by atoms with E-state index in [1.807, 2.05) is 14.0 Å². The number of hydrogen-bond acceptors (Lipinski definition) is 2. The maximum atomic E-state index is 11.9. The van der Waals surface area contributed by atoms with E-state index in [-0.39, 0.29) is 18.6 Å². The Kier molecular flexibility index (Phi) is 5.86. The first-order valence-electron chi connectivity index (χ1n) is 6.49. The SMILES string of the molecule is Cc1ccc(C(C)N(C)C(=O)CCCCO)cc1. The molecular weight excluding hydrogens is 226 g/mol. The van der Waals surface area contributed by atoms with Crippen LogP contribution >= 0.6 is 0 Å². The van der Waals surface area contributed by atoms with Gasteiger partial charge in [-0.15, -0.1) is 0 Å². The largest absolute Gasteiger partial charge is 0.396 e. The van der Waals surface area contributed by atoms with Crippen molar-refractivity contribution in [2.45, 2.75) is 39.2 Å². The monoisotopic (exact) mass is 249 g/mol. The van der Waals surface area contributed by atoms with Gasteiger partial charge in [-0.05, 0) is 32.3 Å². The minimum Gasteiger partial charge on any atom is -0.396 e. The third-order valence-corrected chi connectivity index (χ3v) is 3.33. The number of rotatable bonds is 6. The Morgan fingerprint density at radius 2 is 1.89 bits per heavy atom. The molecule has 0 aliphatic rings. The van der Waals surface area contributed by atoms with Crippen LogP contribution in [0.2, 0.25) is 0 Å². The van der Waals surface area contributed by atoms with E-state index in [1.165, 1.54) is 5.56 Å². The predicted molar refractivity (Wildman–Crippen MR) is 73.3 cm³/mol. The van der Waals surface area contributed by atoms with Crippen molar-refractivity contribution in [3.8, 4) is 0 Å². The number of carbonyl (C=O) groups excluding carboxylic acids is 1. The second-order valence-corrected chi connectivity index (χ2v) is 4.77. The van der Waals surface area contributed by atoms with E-state index in [1.54, 1.807) is 4.90 Å². The van der Waals surface area contributed by atoms with Crippen molar-refractivity contribution in [2.24, 2.45) is 0 Å². The molecule has 0 heterocycles. The van der Waals surface area contributed by atoms with Crippen LogP contribution in [-0.4, -0.2) is 29.6 Å². The quantitative estimate of drug-likeness (QED) is 0.787. The molecule has 0 aromatic heterocycles. The molecule has 0 fully saturated rings. The average Bonchev–Trinajstić information content (AvgIpc) is 2.38. The Morgan fingerprint density at radius 1 is 1.28 bits per heavy atom. The predicted octanol–water partition coefficient (Wildman–Crippen LogP) is 2.68. The molecule has 0 spiro atoms. The topological polar surface area (TPSA) is 40.5 Å². The number of aliphatic hydroxyl groups is 1. The van der Waals surface area contributed by atoms with Crippen LogP contribution in [0.5, 0.6) is 0 Å². The lowest BCUT2D eigenvalue weighted by atomic mass is 10.1. The van der Waals surface area contributed by atoms with Crippen LogP contribution in [0.3, 0.4) is 0 Å². The highest BCUT2D eigenvalue weighted by molar-refractivity contribution is 5.76. The highest BCUT2D eigenvalue weighted by Crippen LogP contribution is 2.20. The van der Waals surface area contributed by atoms with E-state index in [0.29, 0.717) is 12.8 Å². The van der Waals surface area contributed by atoms with E-state index < -0.39 is 0 Å². The molecule has 0 saturated carbocycles. The van der Waals surface area contributed by atoms with Gasteiger partial charge in [0.2, 0.25) is 5.91 Å². The fourth-order valence-corrected chi connectivity index (χ4v) is 1.85. The average molecular weight is 249 g/mol. The molecule has 0 radical (unpaired) electrons. The van der Waals surface area contributed by atoms with E-state index >= 15 is 0 Å². The zero-order valence-electron chi connectivity index (χ0n) is 11.5. The van der Waals surface area contributed by atoms with Crippen LogP contribution in [0.25, 0.3) is 0 Å². The van der Waals surface area contributed by atoms with E-state index in [2.05, 4.69) is 31.2 Å². The summed E-state index contributed by atoms with van der Waals surface area (Å²) in [5.74, 6) is 0.136. The van der Waals surface area contributed by atoms with Gasteiger partial charge in [-0.2, -0.15) is 0 Å². The van der Waals surface area contributed by atoms with E-state index in [0.717, 1.165) is 12.0 Å². The third kappa shape index (κ3) is 4.15. The van der Waals surface area contributed by atoms with Crippen molar-refractivity contribution in [1.29, 1.82) is 0 Å². The molecule has 3 nitrogen and oxygen atoms in total. The molecule has 100 valence electrons. The van der Waals surface area contributed by atoms with Gasteiger partial charge in [-0.1, -0.05) is 29.8 Å². The fourth-order valence-electron chi connectivity index (χ4n) is 1.85. The minimum absolute atomic E-state index is 0.0900. The van der Waals surface area contributed by atoms with Gasteiger partial charge in [-0.25, -0.2) is 0 Å². The molecule has 18 heavy (non-hydrogen) atoms. The lowest BCUT2D eigenvalue weighted by Gasteiger charge is -2.25.